The molecule has 0 aliphatic heterocycles. The lowest BCUT2D eigenvalue weighted by molar-refractivity contribution is 0.628. The van der Waals surface area contributed by atoms with E-state index in [0.717, 1.165) is 72.5 Å². The average molecular weight is 783 g/mol. The Bertz CT molecular complexity index is 3360. The van der Waals surface area contributed by atoms with Crippen LogP contribution in [0, 0.1) is 5.82 Å². The maximum absolute atomic E-state index is 14.6. The van der Waals surface area contributed by atoms with Crippen molar-refractivity contribution in [3.05, 3.63) is 242 Å². The first-order valence-corrected chi connectivity index (χ1v) is 20.7. The third-order valence-corrected chi connectivity index (χ3v) is 11.8. The highest BCUT2D eigenvalue weighted by Crippen LogP contribution is 2.44. The molecule has 0 aliphatic carbocycles. The fourth-order valence-corrected chi connectivity index (χ4v) is 9.06. The lowest BCUT2D eigenvalue weighted by atomic mass is 9.91. The minimum atomic E-state index is -0.246. The van der Waals surface area contributed by atoms with E-state index in [2.05, 4.69) is 222 Å². The largest absolute Gasteiger partial charge is 0.310 e. The molecule has 0 spiro atoms. The normalized spacial score (nSPS) is 11.4. The number of hydrogen-bond acceptors (Lipinski definition) is 1. The molecule has 3 heteroatoms. The van der Waals surface area contributed by atoms with E-state index in [1.807, 2.05) is 6.07 Å². The molecule has 1 heterocycles. The maximum Gasteiger partial charge on any atom is 0.123 e. The molecule has 0 aliphatic rings. The van der Waals surface area contributed by atoms with E-state index >= 15 is 0 Å². The minimum Gasteiger partial charge on any atom is -0.310 e. The third-order valence-electron chi connectivity index (χ3n) is 11.8. The van der Waals surface area contributed by atoms with Gasteiger partial charge in [0.25, 0.3) is 0 Å². The summed E-state index contributed by atoms with van der Waals surface area (Å²) >= 11 is 0. The second-order valence-electron chi connectivity index (χ2n) is 15.5. The van der Waals surface area contributed by atoms with Crippen LogP contribution in [-0.2, 0) is 0 Å². The van der Waals surface area contributed by atoms with Crippen LogP contribution >= 0.6 is 0 Å². The first-order valence-electron chi connectivity index (χ1n) is 20.7. The molecular formula is C58H39FN2. The van der Waals surface area contributed by atoms with E-state index in [1.54, 1.807) is 12.1 Å². The van der Waals surface area contributed by atoms with E-state index in [0.29, 0.717) is 0 Å². The molecule has 1 aromatic heterocycles. The molecule has 2 nitrogen and oxygen atoms in total. The molecule has 0 bridgehead atoms. The Morgan fingerprint density at radius 3 is 1.70 bits per heavy atom. The van der Waals surface area contributed by atoms with Gasteiger partial charge in [0.1, 0.15) is 5.82 Å². The van der Waals surface area contributed by atoms with Crippen molar-refractivity contribution in [3.63, 3.8) is 0 Å². The zero-order chi connectivity index (χ0) is 40.7. The minimum absolute atomic E-state index is 0.246. The molecule has 10 aromatic carbocycles. The molecule has 0 amide bonds. The summed E-state index contributed by atoms with van der Waals surface area (Å²) in [5.74, 6) is -0.246. The van der Waals surface area contributed by atoms with Crippen LogP contribution < -0.4 is 4.90 Å². The van der Waals surface area contributed by atoms with Crippen molar-refractivity contribution in [2.24, 2.45) is 0 Å². The summed E-state index contributed by atoms with van der Waals surface area (Å²) in [7, 11) is 0. The van der Waals surface area contributed by atoms with Gasteiger partial charge in [0, 0.05) is 33.4 Å². The number of anilines is 3. The van der Waals surface area contributed by atoms with Gasteiger partial charge in [-0.25, -0.2) is 4.39 Å². The van der Waals surface area contributed by atoms with Crippen LogP contribution in [0.3, 0.4) is 0 Å². The van der Waals surface area contributed by atoms with Gasteiger partial charge >= 0.3 is 0 Å². The van der Waals surface area contributed by atoms with Crippen molar-refractivity contribution in [2.45, 2.75) is 0 Å². The SMILES string of the molecule is Fc1cccc(-c2cccc3cccc(-c4cccc(N(c5ccc(-c6ccc7c(c6)c6ccccc6n7-c6ccccc6)cc5)c5ccccc5-c5ccccc5)c4)c23)c1. The fourth-order valence-electron chi connectivity index (χ4n) is 9.06. The van der Waals surface area contributed by atoms with Crippen LogP contribution in [0.25, 0.3) is 82.8 Å². The molecule has 0 fully saturated rings. The average Bonchev–Trinajstić information content (AvgIpc) is 3.66. The van der Waals surface area contributed by atoms with Gasteiger partial charge in [0.05, 0.1) is 16.7 Å². The van der Waals surface area contributed by atoms with Crippen LogP contribution in [0.4, 0.5) is 21.5 Å². The van der Waals surface area contributed by atoms with Crippen LogP contribution in [0.5, 0.6) is 0 Å². The highest BCUT2D eigenvalue weighted by molar-refractivity contribution is 6.11. The zero-order valence-electron chi connectivity index (χ0n) is 33.3. The fraction of sp³-hybridized carbons (Fsp3) is 0. The predicted octanol–water partition coefficient (Wildman–Crippen LogP) is 16.2. The van der Waals surface area contributed by atoms with E-state index in [-0.39, 0.29) is 5.82 Å². The van der Waals surface area contributed by atoms with Crippen molar-refractivity contribution in [1.29, 1.82) is 0 Å². The van der Waals surface area contributed by atoms with Gasteiger partial charge in [-0.3, -0.25) is 0 Å². The zero-order valence-corrected chi connectivity index (χ0v) is 33.3. The Morgan fingerprint density at radius 2 is 0.934 bits per heavy atom. The number of halogens is 1. The molecule has 0 saturated heterocycles. The van der Waals surface area contributed by atoms with Crippen LogP contribution in [0.1, 0.15) is 0 Å². The van der Waals surface area contributed by atoms with Crippen LogP contribution in [-0.4, -0.2) is 4.57 Å². The topological polar surface area (TPSA) is 8.17 Å². The molecule has 0 unspecified atom stereocenters. The Kier molecular flexibility index (Phi) is 9.05. The molecular weight excluding hydrogens is 744 g/mol. The van der Waals surface area contributed by atoms with Gasteiger partial charge in [-0.2, -0.15) is 0 Å². The predicted molar refractivity (Wildman–Crippen MR) is 255 cm³/mol. The van der Waals surface area contributed by atoms with E-state index < -0.39 is 0 Å². The second-order valence-corrected chi connectivity index (χ2v) is 15.5. The quantitative estimate of drug-likeness (QED) is 0.149. The monoisotopic (exact) mass is 782 g/mol. The molecule has 288 valence electrons. The number of fused-ring (bicyclic) bond motifs is 4. The molecule has 11 rings (SSSR count). The van der Waals surface area contributed by atoms with E-state index in [4.69, 9.17) is 0 Å². The molecule has 0 saturated carbocycles. The van der Waals surface area contributed by atoms with Gasteiger partial charge in [-0.1, -0.05) is 164 Å². The highest BCUT2D eigenvalue weighted by Gasteiger charge is 2.20. The van der Waals surface area contributed by atoms with Crippen LogP contribution in [0.2, 0.25) is 0 Å². The lowest BCUT2D eigenvalue weighted by Crippen LogP contribution is -2.11. The first kappa shape index (κ1) is 36.1. The van der Waals surface area contributed by atoms with Gasteiger partial charge in [0.15, 0.2) is 0 Å². The van der Waals surface area contributed by atoms with Crippen molar-refractivity contribution in [3.8, 4) is 50.2 Å². The summed E-state index contributed by atoms with van der Waals surface area (Å²) in [6.45, 7) is 0. The molecule has 0 radical (unpaired) electrons. The summed E-state index contributed by atoms with van der Waals surface area (Å²) in [5.41, 5.74) is 15.3. The third kappa shape index (κ3) is 6.54. The van der Waals surface area contributed by atoms with Crippen molar-refractivity contribution >= 4 is 49.6 Å². The number of para-hydroxylation sites is 3. The van der Waals surface area contributed by atoms with Gasteiger partial charge in [0.2, 0.25) is 0 Å². The molecule has 61 heavy (non-hydrogen) atoms. The first-order chi connectivity index (χ1) is 30.2. The Morgan fingerprint density at radius 1 is 0.344 bits per heavy atom. The Balaban J connectivity index is 1.05. The van der Waals surface area contributed by atoms with Gasteiger partial charge in [-0.15, -0.1) is 0 Å². The van der Waals surface area contributed by atoms with Crippen LogP contribution in [0.15, 0.2) is 237 Å². The number of aromatic nitrogens is 1. The second kappa shape index (κ2) is 15.3. The molecule has 0 atom stereocenters. The smallest absolute Gasteiger partial charge is 0.123 e. The number of hydrogen-bond donors (Lipinski definition) is 0. The Labute approximate surface area is 354 Å². The van der Waals surface area contributed by atoms with Gasteiger partial charge < -0.3 is 9.47 Å². The highest BCUT2D eigenvalue weighted by atomic mass is 19.1. The molecule has 0 N–H and O–H groups in total. The standard InChI is InChI=1S/C58H39FN2/c59-46-21-11-19-44(37-46)51-27-13-17-42-18-14-28-52(58(42)51)45-20-12-24-49(38-45)60(55-29-9-7-25-50(55)41-15-3-1-4-16-41)48-34-31-40(32-35-48)43-33-36-57-54(39-43)53-26-8-10-30-56(53)61(57)47-22-5-2-6-23-47/h1-39H. The maximum atomic E-state index is 14.6. The summed E-state index contributed by atoms with van der Waals surface area (Å²) < 4.78 is 16.9. The van der Waals surface area contributed by atoms with E-state index in [1.165, 1.54) is 33.4 Å². The van der Waals surface area contributed by atoms with Crippen molar-refractivity contribution in [1.82, 2.24) is 4.57 Å². The van der Waals surface area contributed by atoms with Crippen molar-refractivity contribution < 1.29 is 4.39 Å². The van der Waals surface area contributed by atoms with E-state index in [9.17, 15) is 4.39 Å². The number of nitrogens with zero attached hydrogens (tertiary/aromatic N) is 2. The summed E-state index contributed by atoms with van der Waals surface area (Å²) in [6.07, 6.45) is 0. The molecule has 11 aromatic rings. The lowest BCUT2D eigenvalue weighted by Gasteiger charge is -2.28. The summed E-state index contributed by atoms with van der Waals surface area (Å²) in [5, 5.41) is 4.66. The van der Waals surface area contributed by atoms with Crippen molar-refractivity contribution in [2.75, 3.05) is 4.90 Å². The number of rotatable bonds is 8. The summed E-state index contributed by atoms with van der Waals surface area (Å²) in [6, 6.07) is 82.6. The van der Waals surface area contributed by atoms with Gasteiger partial charge in [-0.05, 0) is 123 Å². The Hall–Kier alpha value is -8.01. The number of benzene rings is 10. The summed E-state index contributed by atoms with van der Waals surface area (Å²) in [4.78, 5) is 2.37.